The monoisotopic (exact) mass is 410 g/mol. The SMILES string of the molecule is Clc1ccc(S(Br)(c2ccccc2)c2ccc(Cl)cc2)cc1. The predicted molar refractivity (Wildman–Crippen MR) is 101 cm³/mol. The van der Waals surface area contributed by atoms with E-state index in [1.165, 1.54) is 14.7 Å². The Hall–Kier alpha value is -0.930. The third kappa shape index (κ3) is 3.07. The van der Waals surface area contributed by atoms with Crippen molar-refractivity contribution in [1.82, 2.24) is 0 Å². The molecule has 0 aromatic heterocycles. The molecular formula is C18H13BrCl2S. The molecule has 0 atom stereocenters. The van der Waals surface area contributed by atoms with Gasteiger partial charge in [0.25, 0.3) is 0 Å². The maximum Gasteiger partial charge on any atom is 0.0406 e. The first-order valence-electron chi connectivity index (χ1n) is 6.70. The molecule has 0 radical (unpaired) electrons. The van der Waals surface area contributed by atoms with Crippen LogP contribution >= 0.6 is 46.5 Å². The summed E-state index contributed by atoms with van der Waals surface area (Å²) in [5.41, 5.74) is 0. The van der Waals surface area contributed by atoms with Gasteiger partial charge in [-0.25, -0.2) is 0 Å². The smallest absolute Gasteiger partial charge is 0.0406 e. The Morgan fingerprint density at radius 2 is 0.909 bits per heavy atom. The summed E-state index contributed by atoms with van der Waals surface area (Å²) in [4.78, 5) is 3.63. The lowest BCUT2D eigenvalue weighted by atomic mass is 10.3. The molecule has 0 fully saturated rings. The van der Waals surface area contributed by atoms with Crippen LogP contribution in [-0.2, 0) is 0 Å². The lowest BCUT2D eigenvalue weighted by Crippen LogP contribution is -1.96. The first-order chi connectivity index (χ1) is 10.6. The number of rotatable bonds is 3. The average Bonchev–Trinajstić information content (AvgIpc) is 2.56. The van der Waals surface area contributed by atoms with E-state index in [2.05, 4.69) is 63.3 Å². The highest BCUT2D eigenvalue weighted by molar-refractivity contribution is 9.58. The van der Waals surface area contributed by atoms with E-state index in [1.54, 1.807) is 0 Å². The molecule has 0 spiro atoms. The van der Waals surface area contributed by atoms with Crippen molar-refractivity contribution >= 4 is 46.5 Å². The molecule has 0 unspecified atom stereocenters. The van der Waals surface area contributed by atoms with Crippen LogP contribution in [-0.4, -0.2) is 0 Å². The highest BCUT2D eigenvalue weighted by atomic mass is 79.9. The molecule has 22 heavy (non-hydrogen) atoms. The maximum absolute atomic E-state index is 6.05. The van der Waals surface area contributed by atoms with Crippen LogP contribution in [0, 0.1) is 0 Å². The zero-order chi connectivity index (χ0) is 15.6. The minimum atomic E-state index is -1.51. The van der Waals surface area contributed by atoms with Crippen molar-refractivity contribution in [2.45, 2.75) is 14.7 Å². The first kappa shape index (κ1) is 15.9. The van der Waals surface area contributed by atoms with E-state index in [9.17, 15) is 0 Å². The van der Waals surface area contributed by atoms with Gasteiger partial charge in [-0.15, -0.1) is 8.46 Å². The van der Waals surface area contributed by atoms with Crippen LogP contribution in [0.1, 0.15) is 0 Å². The van der Waals surface area contributed by atoms with Gasteiger partial charge in [-0.3, -0.25) is 0 Å². The second-order valence-corrected chi connectivity index (χ2v) is 11.0. The van der Waals surface area contributed by atoms with Crippen LogP contribution < -0.4 is 0 Å². The fraction of sp³-hybridized carbons (Fsp3) is 0. The van der Waals surface area contributed by atoms with Crippen molar-refractivity contribution in [2.75, 3.05) is 0 Å². The van der Waals surface area contributed by atoms with E-state index in [4.69, 9.17) is 23.2 Å². The molecule has 0 N–H and O–H groups in total. The molecular weight excluding hydrogens is 399 g/mol. The summed E-state index contributed by atoms with van der Waals surface area (Å²) in [6.07, 6.45) is 0. The van der Waals surface area contributed by atoms with Gasteiger partial charge in [-0.05, 0) is 75.5 Å². The Morgan fingerprint density at radius 3 is 1.32 bits per heavy atom. The van der Waals surface area contributed by atoms with E-state index in [0.717, 1.165) is 10.0 Å². The first-order valence-corrected chi connectivity index (χ1v) is 10.9. The van der Waals surface area contributed by atoms with Gasteiger partial charge in [-0.1, -0.05) is 41.4 Å². The second-order valence-electron chi connectivity index (χ2n) is 4.76. The van der Waals surface area contributed by atoms with Crippen molar-refractivity contribution in [3.63, 3.8) is 0 Å². The van der Waals surface area contributed by atoms with Gasteiger partial charge in [0, 0.05) is 24.7 Å². The average molecular weight is 412 g/mol. The molecule has 0 heterocycles. The highest BCUT2D eigenvalue weighted by Gasteiger charge is 2.27. The summed E-state index contributed by atoms with van der Waals surface area (Å²) in [5, 5.41) is 1.48. The molecule has 4 heteroatoms. The molecule has 3 aromatic rings. The van der Waals surface area contributed by atoms with E-state index in [0.29, 0.717) is 0 Å². The molecule has 3 rings (SSSR count). The highest BCUT2D eigenvalue weighted by Crippen LogP contribution is 2.73. The molecule has 0 saturated carbocycles. The Kier molecular flexibility index (Phi) is 4.84. The molecule has 0 amide bonds. The van der Waals surface area contributed by atoms with E-state index in [-0.39, 0.29) is 0 Å². The van der Waals surface area contributed by atoms with E-state index < -0.39 is 8.46 Å². The third-order valence-corrected chi connectivity index (χ3v) is 9.98. The van der Waals surface area contributed by atoms with Crippen molar-refractivity contribution < 1.29 is 0 Å². The van der Waals surface area contributed by atoms with Crippen LogP contribution in [0.15, 0.2) is 93.5 Å². The number of halogens is 3. The summed E-state index contributed by atoms with van der Waals surface area (Å²) in [5.74, 6) is 0. The van der Waals surface area contributed by atoms with Crippen LogP contribution in [0.4, 0.5) is 0 Å². The fourth-order valence-corrected chi connectivity index (χ4v) is 6.83. The van der Waals surface area contributed by atoms with Gasteiger partial charge in [0.05, 0.1) is 0 Å². The predicted octanol–water partition coefficient (Wildman–Crippen LogP) is 7.59. The fourth-order valence-electron chi connectivity index (χ4n) is 2.26. The minimum Gasteiger partial charge on any atom is -0.101 e. The third-order valence-electron chi connectivity index (χ3n) is 3.34. The van der Waals surface area contributed by atoms with E-state index in [1.807, 2.05) is 30.3 Å². The molecule has 0 bridgehead atoms. The molecule has 112 valence electrons. The lowest BCUT2D eigenvalue weighted by molar-refractivity contribution is 1.32. The summed E-state index contributed by atoms with van der Waals surface area (Å²) in [6, 6.07) is 26.5. The minimum absolute atomic E-state index is 0.738. The summed E-state index contributed by atoms with van der Waals surface area (Å²) < 4.78 is 0. The van der Waals surface area contributed by atoms with Gasteiger partial charge in [-0.2, -0.15) is 0 Å². The van der Waals surface area contributed by atoms with Crippen LogP contribution in [0.5, 0.6) is 0 Å². The Labute approximate surface area is 149 Å². The maximum atomic E-state index is 6.05. The summed E-state index contributed by atoms with van der Waals surface area (Å²) >= 11 is 16.2. The summed E-state index contributed by atoms with van der Waals surface area (Å²) in [7, 11) is -1.51. The van der Waals surface area contributed by atoms with Gasteiger partial charge in [0.1, 0.15) is 0 Å². The Bertz CT molecular complexity index is 710. The van der Waals surface area contributed by atoms with Crippen molar-refractivity contribution in [3.8, 4) is 0 Å². The zero-order valence-electron chi connectivity index (χ0n) is 11.5. The van der Waals surface area contributed by atoms with Gasteiger partial charge in [0.2, 0.25) is 0 Å². The van der Waals surface area contributed by atoms with Gasteiger partial charge in [0.15, 0.2) is 0 Å². The number of hydrogen-bond donors (Lipinski definition) is 0. The van der Waals surface area contributed by atoms with Crippen molar-refractivity contribution in [1.29, 1.82) is 0 Å². The molecule has 0 aliphatic carbocycles. The van der Waals surface area contributed by atoms with Crippen LogP contribution in [0.2, 0.25) is 10.0 Å². The Morgan fingerprint density at radius 1 is 0.545 bits per heavy atom. The Balaban J connectivity index is 2.22. The number of hydrogen-bond acceptors (Lipinski definition) is 0. The quantitative estimate of drug-likeness (QED) is 0.416. The topological polar surface area (TPSA) is 0 Å². The molecule has 0 aliphatic heterocycles. The largest absolute Gasteiger partial charge is 0.101 e. The number of benzene rings is 3. The summed E-state index contributed by atoms with van der Waals surface area (Å²) in [6.45, 7) is 0. The second kappa shape index (κ2) is 6.67. The van der Waals surface area contributed by atoms with Crippen LogP contribution in [0.3, 0.4) is 0 Å². The molecule has 3 aromatic carbocycles. The van der Waals surface area contributed by atoms with Crippen LogP contribution in [0.25, 0.3) is 0 Å². The molecule has 0 nitrogen and oxygen atoms in total. The molecule has 0 aliphatic rings. The van der Waals surface area contributed by atoms with Crippen molar-refractivity contribution in [3.05, 3.63) is 88.9 Å². The standard InChI is InChI=1S/C18H13BrCl2S/c19-22(16-4-2-1-3-5-16,17-10-6-14(20)7-11-17)18-12-8-15(21)9-13-18/h1-13H. The van der Waals surface area contributed by atoms with E-state index >= 15 is 0 Å². The van der Waals surface area contributed by atoms with Gasteiger partial charge >= 0.3 is 0 Å². The zero-order valence-corrected chi connectivity index (χ0v) is 15.5. The van der Waals surface area contributed by atoms with Crippen molar-refractivity contribution in [2.24, 2.45) is 0 Å². The normalized spacial score (nSPS) is 12.1. The molecule has 0 saturated heterocycles. The van der Waals surface area contributed by atoms with Gasteiger partial charge < -0.3 is 0 Å². The lowest BCUT2D eigenvalue weighted by Gasteiger charge is -2.35.